The Labute approximate surface area is 170 Å². The predicted molar refractivity (Wildman–Crippen MR) is 109 cm³/mol. The molecule has 158 valence electrons. The molecule has 0 bridgehead atoms. The van der Waals surface area contributed by atoms with Gasteiger partial charge in [0.05, 0.1) is 6.61 Å². The average Bonchev–Trinajstić information content (AvgIpc) is 2.71. The molecule has 1 N–H and O–H groups in total. The number of methoxy groups -OCH3 is 1. The summed E-state index contributed by atoms with van der Waals surface area (Å²) in [7, 11) is 5.26. The number of rotatable bonds is 10. The summed E-state index contributed by atoms with van der Waals surface area (Å²) in [5, 5.41) is 3.31. The van der Waals surface area contributed by atoms with Gasteiger partial charge in [-0.15, -0.1) is 0 Å². The van der Waals surface area contributed by atoms with Crippen molar-refractivity contribution in [1.82, 2.24) is 10.2 Å². The third-order valence-electron chi connectivity index (χ3n) is 4.07. The van der Waals surface area contributed by atoms with Crippen molar-refractivity contribution in [1.29, 1.82) is 0 Å². The summed E-state index contributed by atoms with van der Waals surface area (Å²) in [6, 6.07) is 14.4. The second kappa shape index (κ2) is 11.9. The maximum absolute atomic E-state index is 12.2. The van der Waals surface area contributed by atoms with Crippen LogP contribution in [0.2, 0.25) is 0 Å². The van der Waals surface area contributed by atoms with Crippen LogP contribution >= 0.6 is 0 Å². The van der Waals surface area contributed by atoms with Crippen molar-refractivity contribution in [2.75, 3.05) is 34.4 Å². The van der Waals surface area contributed by atoms with Crippen molar-refractivity contribution in [3.05, 3.63) is 59.7 Å². The van der Waals surface area contributed by atoms with Gasteiger partial charge in [-0.3, -0.25) is 4.99 Å². The summed E-state index contributed by atoms with van der Waals surface area (Å²) >= 11 is 0. The monoisotopic (exact) mass is 407 g/mol. The number of ether oxygens (including phenoxy) is 3. The van der Waals surface area contributed by atoms with Crippen molar-refractivity contribution >= 4 is 5.96 Å². The second-order valence-electron chi connectivity index (χ2n) is 6.26. The topological polar surface area (TPSA) is 55.3 Å². The Balaban J connectivity index is 1.84. The van der Waals surface area contributed by atoms with E-state index in [1.807, 2.05) is 36.2 Å². The molecule has 0 saturated carbocycles. The molecule has 0 aliphatic carbocycles. The molecular weight excluding hydrogens is 380 g/mol. The fourth-order valence-corrected chi connectivity index (χ4v) is 2.64. The Hall–Kier alpha value is -2.87. The minimum atomic E-state index is -2.82. The van der Waals surface area contributed by atoms with Crippen molar-refractivity contribution in [3.63, 3.8) is 0 Å². The second-order valence-corrected chi connectivity index (χ2v) is 6.26. The number of alkyl halides is 2. The van der Waals surface area contributed by atoms with Gasteiger partial charge in [0.2, 0.25) is 0 Å². The van der Waals surface area contributed by atoms with Crippen molar-refractivity contribution < 1.29 is 23.0 Å². The lowest BCUT2D eigenvalue weighted by Crippen LogP contribution is -2.38. The van der Waals surface area contributed by atoms with Gasteiger partial charge in [-0.05, 0) is 35.4 Å². The molecule has 0 saturated heterocycles. The SMILES string of the molecule is CN=C(NCc1ccc(OCCOC)cc1)N(C)Cc1ccc(OC(F)F)cc1. The molecule has 2 aromatic rings. The van der Waals surface area contributed by atoms with E-state index >= 15 is 0 Å². The van der Waals surface area contributed by atoms with E-state index in [-0.39, 0.29) is 5.75 Å². The molecule has 0 amide bonds. The summed E-state index contributed by atoms with van der Waals surface area (Å²) in [5.74, 6) is 1.66. The fraction of sp³-hybridized carbons (Fsp3) is 0.381. The first kappa shape index (κ1) is 22.4. The van der Waals surface area contributed by atoms with Gasteiger partial charge in [0, 0.05) is 34.3 Å². The molecule has 0 unspecified atom stereocenters. The molecule has 0 aliphatic heterocycles. The molecule has 2 aromatic carbocycles. The first-order chi connectivity index (χ1) is 14.0. The zero-order chi connectivity index (χ0) is 21.1. The van der Waals surface area contributed by atoms with E-state index in [9.17, 15) is 8.78 Å². The van der Waals surface area contributed by atoms with Crippen LogP contribution in [-0.2, 0) is 17.8 Å². The highest BCUT2D eigenvalue weighted by Gasteiger charge is 2.08. The highest BCUT2D eigenvalue weighted by atomic mass is 19.3. The van der Waals surface area contributed by atoms with E-state index in [1.54, 1.807) is 26.3 Å². The molecule has 0 aromatic heterocycles. The maximum Gasteiger partial charge on any atom is 0.387 e. The lowest BCUT2D eigenvalue weighted by Gasteiger charge is -2.22. The summed E-state index contributed by atoms with van der Waals surface area (Å²) in [6.45, 7) is -0.580. The van der Waals surface area contributed by atoms with E-state index in [2.05, 4.69) is 15.0 Å². The minimum absolute atomic E-state index is 0.142. The number of guanidine groups is 1. The Morgan fingerprint density at radius 2 is 1.62 bits per heavy atom. The van der Waals surface area contributed by atoms with Crippen LogP contribution in [0.15, 0.2) is 53.5 Å². The number of hydrogen-bond donors (Lipinski definition) is 1. The molecule has 0 atom stereocenters. The normalized spacial score (nSPS) is 11.4. The Kier molecular flexibility index (Phi) is 9.17. The van der Waals surface area contributed by atoms with Crippen LogP contribution in [0, 0.1) is 0 Å². The number of nitrogens with zero attached hydrogens (tertiary/aromatic N) is 2. The zero-order valence-electron chi connectivity index (χ0n) is 16.9. The maximum atomic E-state index is 12.2. The van der Waals surface area contributed by atoms with Gasteiger partial charge < -0.3 is 24.4 Å². The highest BCUT2D eigenvalue weighted by molar-refractivity contribution is 5.79. The molecule has 0 fully saturated rings. The first-order valence-corrected chi connectivity index (χ1v) is 9.18. The Morgan fingerprint density at radius 3 is 2.21 bits per heavy atom. The van der Waals surface area contributed by atoms with E-state index in [0.717, 1.165) is 22.8 Å². The summed E-state index contributed by atoms with van der Waals surface area (Å²) in [4.78, 5) is 6.24. The van der Waals surface area contributed by atoms with E-state index < -0.39 is 6.61 Å². The van der Waals surface area contributed by atoms with Gasteiger partial charge in [0.25, 0.3) is 0 Å². The van der Waals surface area contributed by atoms with Gasteiger partial charge in [-0.25, -0.2) is 0 Å². The van der Waals surface area contributed by atoms with Crippen LogP contribution < -0.4 is 14.8 Å². The number of halogens is 2. The van der Waals surface area contributed by atoms with Gasteiger partial charge in [-0.1, -0.05) is 24.3 Å². The molecule has 0 spiro atoms. The third kappa shape index (κ3) is 7.95. The van der Waals surface area contributed by atoms with Gasteiger partial charge in [0.1, 0.15) is 18.1 Å². The molecule has 6 nitrogen and oxygen atoms in total. The smallest absolute Gasteiger partial charge is 0.387 e. The Morgan fingerprint density at radius 1 is 1.00 bits per heavy atom. The molecule has 0 aliphatic rings. The zero-order valence-corrected chi connectivity index (χ0v) is 16.9. The summed E-state index contributed by atoms with van der Waals surface area (Å²) in [5.41, 5.74) is 2.04. The standard InChI is InChI=1S/C21H27F2N3O3/c1-24-21(25-14-16-4-8-18(9-5-16)28-13-12-27-3)26(2)15-17-6-10-19(11-7-17)29-20(22)23/h4-11,20H,12-15H2,1-3H3,(H,24,25). The quantitative estimate of drug-likeness (QED) is 0.371. The van der Waals surface area contributed by atoms with Crippen LogP contribution in [-0.4, -0.2) is 51.9 Å². The predicted octanol–water partition coefficient (Wildman–Crippen LogP) is 3.52. The fourth-order valence-electron chi connectivity index (χ4n) is 2.64. The average molecular weight is 407 g/mol. The van der Waals surface area contributed by atoms with Crippen LogP contribution in [0.25, 0.3) is 0 Å². The van der Waals surface area contributed by atoms with Crippen LogP contribution in [0.3, 0.4) is 0 Å². The van der Waals surface area contributed by atoms with Gasteiger partial charge in [-0.2, -0.15) is 8.78 Å². The lowest BCUT2D eigenvalue weighted by atomic mass is 10.2. The third-order valence-corrected chi connectivity index (χ3v) is 4.07. The summed E-state index contributed by atoms with van der Waals surface area (Å²) < 4.78 is 39.3. The van der Waals surface area contributed by atoms with Crippen molar-refractivity contribution in [2.24, 2.45) is 4.99 Å². The van der Waals surface area contributed by atoms with Crippen LogP contribution in [0.4, 0.5) is 8.78 Å². The van der Waals surface area contributed by atoms with Gasteiger partial charge in [0.15, 0.2) is 5.96 Å². The van der Waals surface area contributed by atoms with Crippen molar-refractivity contribution in [2.45, 2.75) is 19.7 Å². The molecule has 8 heteroatoms. The molecule has 0 heterocycles. The van der Waals surface area contributed by atoms with E-state index in [1.165, 1.54) is 12.1 Å². The van der Waals surface area contributed by atoms with Gasteiger partial charge >= 0.3 is 6.61 Å². The number of benzene rings is 2. The molecule has 0 radical (unpaired) electrons. The minimum Gasteiger partial charge on any atom is -0.491 e. The number of nitrogens with one attached hydrogen (secondary N) is 1. The molecular formula is C21H27F2N3O3. The largest absolute Gasteiger partial charge is 0.491 e. The Bertz CT molecular complexity index is 753. The van der Waals surface area contributed by atoms with Crippen LogP contribution in [0.1, 0.15) is 11.1 Å². The number of hydrogen-bond acceptors (Lipinski definition) is 4. The lowest BCUT2D eigenvalue weighted by molar-refractivity contribution is -0.0498. The van der Waals surface area contributed by atoms with Crippen molar-refractivity contribution in [3.8, 4) is 11.5 Å². The number of aliphatic imine (C=N–C) groups is 1. The molecule has 29 heavy (non-hydrogen) atoms. The van der Waals surface area contributed by atoms with Crippen LogP contribution in [0.5, 0.6) is 11.5 Å². The highest BCUT2D eigenvalue weighted by Crippen LogP contribution is 2.16. The van der Waals surface area contributed by atoms with E-state index in [4.69, 9.17) is 9.47 Å². The summed E-state index contributed by atoms with van der Waals surface area (Å²) in [6.07, 6.45) is 0. The first-order valence-electron chi connectivity index (χ1n) is 9.18. The van der Waals surface area contributed by atoms with E-state index in [0.29, 0.717) is 26.3 Å². The molecule has 2 rings (SSSR count).